The van der Waals surface area contributed by atoms with E-state index in [1.807, 2.05) is 66.2 Å². The number of aryl methyl sites for hydroxylation is 1. The first-order valence-electron chi connectivity index (χ1n) is 12.5. The summed E-state index contributed by atoms with van der Waals surface area (Å²) in [5.41, 5.74) is -0.186. The molecule has 1 aliphatic heterocycles. The fraction of sp³-hybridized carbons (Fsp3) is 0.429. The molecule has 3 aromatic rings. The minimum absolute atomic E-state index is 0.0611. The first-order valence-corrected chi connectivity index (χ1v) is 12.5. The van der Waals surface area contributed by atoms with Gasteiger partial charge in [0.1, 0.15) is 30.4 Å². The van der Waals surface area contributed by atoms with Gasteiger partial charge in [0.05, 0.1) is 20.2 Å². The number of amides is 1. The summed E-state index contributed by atoms with van der Waals surface area (Å²) >= 11 is 0. The van der Waals surface area contributed by atoms with Crippen LogP contribution in [0.5, 0.6) is 17.2 Å². The molecule has 0 saturated carbocycles. The zero-order chi connectivity index (χ0) is 26.3. The first kappa shape index (κ1) is 26.5. The molecule has 1 fully saturated rings. The minimum atomic E-state index is -1.21. The van der Waals surface area contributed by atoms with Crippen LogP contribution in [0.2, 0.25) is 0 Å². The van der Waals surface area contributed by atoms with Crippen LogP contribution in [0.15, 0.2) is 60.9 Å². The van der Waals surface area contributed by atoms with Crippen molar-refractivity contribution in [2.45, 2.75) is 32.5 Å². The van der Waals surface area contributed by atoms with E-state index in [4.69, 9.17) is 14.2 Å². The summed E-state index contributed by atoms with van der Waals surface area (Å²) in [7, 11) is 1.63. The van der Waals surface area contributed by atoms with Crippen LogP contribution in [0.25, 0.3) is 0 Å². The number of rotatable bonds is 10. The van der Waals surface area contributed by atoms with Crippen molar-refractivity contribution in [3.63, 3.8) is 0 Å². The van der Waals surface area contributed by atoms with E-state index >= 15 is 0 Å². The topological polar surface area (TPSA) is 89.3 Å². The zero-order valence-corrected chi connectivity index (χ0v) is 21.8. The third-order valence-electron chi connectivity index (χ3n) is 6.53. The molecule has 37 heavy (non-hydrogen) atoms. The van der Waals surface area contributed by atoms with Crippen molar-refractivity contribution < 1.29 is 24.1 Å². The Morgan fingerprint density at radius 2 is 1.89 bits per heavy atom. The largest absolute Gasteiger partial charge is 0.493 e. The van der Waals surface area contributed by atoms with Crippen molar-refractivity contribution in [1.29, 1.82) is 0 Å². The number of carbonyl (C=O) groups is 1. The van der Waals surface area contributed by atoms with E-state index in [2.05, 4.69) is 9.88 Å². The van der Waals surface area contributed by atoms with Gasteiger partial charge in [0, 0.05) is 45.5 Å². The normalized spacial score (nSPS) is 18.3. The summed E-state index contributed by atoms with van der Waals surface area (Å²) in [5.74, 6) is 2.90. The molecule has 2 aromatic carbocycles. The highest BCUT2D eigenvalue weighted by Crippen LogP contribution is 2.29. The molecule has 1 aliphatic rings. The number of carbonyl (C=O) groups excluding carboxylic acids is 1. The number of hydrogen-bond donors (Lipinski definition) is 1. The van der Waals surface area contributed by atoms with Crippen LogP contribution in [0, 0.1) is 6.92 Å². The Morgan fingerprint density at radius 1 is 1.08 bits per heavy atom. The van der Waals surface area contributed by atoms with Crippen LogP contribution in [-0.4, -0.2) is 82.5 Å². The summed E-state index contributed by atoms with van der Waals surface area (Å²) in [6, 6.07) is 15.3. The lowest BCUT2D eigenvalue weighted by Crippen LogP contribution is -2.51. The van der Waals surface area contributed by atoms with Gasteiger partial charge in [-0.1, -0.05) is 24.3 Å². The Kier molecular flexibility index (Phi) is 8.68. The number of β-amino-alcohol motifs (C(OH)–C–C–N with tert-alkyl or cyclic N) is 1. The standard InChI is InChI=1S/C28H36N4O5/c1-22-29-11-12-31(22)15-16-36-26-10-9-24(17-27(26)35-3)18-30-13-14-32(23(2)33)20-28(34,19-30)21-37-25-7-5-4-6-8-25/h4-12,17,34H,13-16,18-21H2,1-3H3/t28-/m0/s1. The van der Waals surface area contributed by atoms with Crippen LogP contribution in [-0.2, 0) is 17.9 Å². The van der Waals surface area contributed by atoms with Crippen LogP contribution >= 0.6 is 0 Å². The van der Waals surface area contributed by atoms with Gasteiger partial charge in [-0.2, -0.15) is 0 Å². The molecule has 0 aliphatic carbocycles. The fourth-order valence-electron chi connectivity index (χ4n) is 4.55. The third-order valence-corrected chi connectivity index (χ3v) is 6.53. The SMILES string of the molecule is COc1cc(CN2CCN(C(C)=O)C[C@](O)(COc3ccccc3)C2)ccc1OCCn1ccnc1C. The smallest absolute Gasteiger partial charge is 0.219 e. The number of benzene rings is 2. The Labute approximate surface area is 218 Å². The molecule has 0 bridgehead atoms. The number of para-hydroxylation sites is 1. The molecule has 1 amide bonds. The van der Waals surface area contributed by atoms with E-state index in [0.717, 1.165) is 11.4 Å². The molecular formula is C28H36N4O5. The van der Waals surface area contributed by atoms with Crippen molar-refractivity contribution >= 4 is 5.91 Å². The third kappa shape index (κ3) is 7.24. The van der Waals surface area contributed by atoms with Gasteiger partial charge >= 0.3 is 0 Å². The highest BCUT2D eigenvalue weighted by atomic mass is 16.5. The molecule has 9 nitrogen and oxygen atoms in total. The van der Waals surface area contributed by atoms with E-state index in [-0.39, 0.29) is 19.1 Å². The molecule has 0 radical (unpaired) electrons. The van der Waals surface area contributed by atoms with Gasteiger partial charge in [-0.25, -0.2) is 4.98 Å². The van der Waals surface area contributed by atoms with E-state index in [9.17, 15) is 9.90 Å². The number of aliphatic hydroxyl groups is 1. The molecule has 0 unspecified atom stereocenters. The molecule has 2 heterocycles. The quantitative estimate of drug-likeness (QED) is 0.451. The van der Waals surface area contributed by atoms with Crippen LogP contribution < -0.4 is 14.2 Å². The molecule has 1 saturated heterocycles. The lowest BCUT2D eigenvalue weighted by atomic mass is 10.0. The number of ether oxygens (including phenoxy) is 3. The second kappa shape index (κ2) is 12.1. The second-order valence-electron chi connectivity index (χ2n) is 9.48. The van der Waals surface area contributed by atoms with Gasteiger partial charge in [-0.05, 0) is 36.8 Å². The number of methoxy groups -OCH3 is 1. The van der Waals surface area contributed by atoms with Crippen molar-refractivity contribution in [2.24, 2.45) is 0 Å². The molecule has 1 aromatic heterocycles. The highest BCUT2D eigenvalue weighted by Gasteiger charge is 2.37. The lowest BCUT2D eigenvalue weighted by molar-refractivity contribution is -0.132. The Hall–Kier alpha value is -3.56. The number of nitrogens with zero attached hydrogens (tertiary/aromatic N) is 4. The van der Waals surface area contributed by atoms with E-state index in [0.29, 0.717) is 56.6 Å². The highest BCUT2D eigenvalue weighted by molar-refractivity contribution is 5.73. The molecule has 9 heteroatoms. The predicted molar refractivity (Wildman–Crippen MR) is 140 cm³/mol. The van der Waals surface area contributed by atoms with Gasteiger partial charge < -0.3 is 28.8 Å². The summed E-state index contributed by atoms with van der Waals surface area (Å²) in [5, 5.41) is 11.5. The number of aromatic nitrogens is 2. The van der Waals surface area contributed by atoms with Gasteiger partial charge in [0.25, 0.3) is 0 Å². The van der Waals surface area contributed by atoms with Crippen LogP contribution in [0.4, 0.5) is 0 Å². The molecular weight excluding hydrogens is 472 g/mol. The fourth-order valence-corrected chi connectivity index (χ4v) is 4.55. The van der Waals surface area contributed by atoms with Crippen molar-refractivity contribution in [1.82, 2.24) is 19.4 Å². The van der Waals surface area contributed by atoms with E-state index in [1.54, 1.807) is 18.2 Å². The van der Waals surface area contributed by atoms with Crippen molar-refractivity contribution in [3.8, 4) is 17.2 Å². The summed E-state index contributed by atoms with van der Waals surface area (Å²) in [6.45, 7) is 7.12. The van der Waals surface area contributed by atoms with E-state index in [1.165, 1.54) is 6.92 Å². The Bertz CT molecular complexity index is 1170. The second-order valence-corrected chi connectivity index (χ2v) is 9.48. The van der Waals surface area contributed by atoms with Gasteiger partial charge in [0.2, 0.25) is 5.91 Å². The first-order chi connectivity index (χ1) is 17.8. The lowest BCUT2D eigenvalue weighted by Gasteiger charge is -2.32. The Balaban J connectivity index is 1.41. The summed E-state index contributed by atoms with van der Waals surface area (Å²) < 4.78 is 19.5. The van der Waals surface area contributed by atoms with Crippen molar-refractivity contribution in [3.05, 3.63) is 72.3 Å². The predicted octanol–water partition coefficient (Wildman–Crippen LogP) is 2.75. The Morgan fingerprint density at radius 3 is 2.59 bits per heavy atom. The van der Waals surface area contributed by atoms with Crippen LogP contribution in [0.3, 0.4) is 0 Å². The maximum absolute atomic E-state index is 12.2. The maximum atomic E-state index is 12.2. The van der Waals surface area contributed by atoms with E-state index < -0.39 is 5.60 Å². The van der Waals surface area contributed by atoms with Gasteiger partial charge in [0.15, 0.2) is 11.5 Å². The van der Waals surface area contributed by atoms with Crippen molar-refractivity contribution in [2.75, 3.05) is 46.5 Å². The molecule has 198 valence electrons. The molecule has 1 atom stereocenters. The number of hydrogen-bond acceptors (Lipinski definition) is 7. The molecule has 4 rings (SSSR count). The number of imidazole rings is 1. The minimum Gasteiger partial charge on any atom is -0.493 e. The molecule has 1 N–H and O–H groups in total. The zero-order valence-electron chi connectivity index (χ0n) is 21.8. The summed E-state index contributed by atoms with van der Waals surface area (Å²) in [6.07, 6.45) is 3.71. The maximum Gasteiger partial charge on any atom is 0.219 e. The van der Waals surface area contributed by atoms with Gasteiger partial charge in [-0.15, -0.1) is 0 Å². The average molecular weight is 509 g/mol. The van der Waals surface area contributed by atoms with Crippen LogP contribution in [0.1, 0.15) is 18.3 Å². The summed E-state index contributed by atoms with van der Waals surface area (Å²) in [4.78, 5) is 20.3. The van der Waals surface area contributed by atoms with Gasteiger partial charge in [-0.3, -0.25) is 9.69 Å². The molecule has 0 spiro atoms. The average Bonchev–Trinajstić information content (AvgIpc) is 3.22. The monoisotopic (exact) mass is 508 g/mol.